The van der Waals surface area contributed by atoms with Gasteiger partial charge < -0.3 is 0 Å². The Morgan fingerprint density at radius 1 is 0.720 bits per heavy atom. The maximum atomic E-state index is 13.3. The molecule has 6 rings (SSSR count). The fraction of sp³-hybridized carbons (Fsp3) is 0. The average molecular weight is 340 g/mol. The van der Waals surface area contributed by atoms with Gasteiger partial charge in [-0.25, -0.2) is 0 Å². The van der Waals surface area contributed by atoms with E-state index in [1.807, 2.05) is 47.0 Å². The predicted molar refractivity (Wildman–Crippen MR) is 102 cm³/mol. The van der Waals surface area contributed by atoms with Crippen LogP contribution in [-0.2, 0) is 0 Å². The van der Waals surface area contributed by atoms with Crippen LogP contribution in [0.4, 0.5) is 0 Å². The normalized spacial score (nSPS) is 12.8. The molecule has 0 unspecified atom stereocenters. The highest BCUT2D eigenvalue weighted by Gasteiger charge is 2.26. The molecule has 3 aromatic carbocycles. The Morgan fingerprint density at radius 3 is 2.20 bits per heavy atom. The monoisotopic (exact) mass is 340 g/mol. The fourth-order valence-electron chi connectivity index (χ4n) is 3.87. The van der Waals surface area contributed by atoms with Gasteiger partial charge in [-0.15, -0.1) is 0 Å². The number of benzene rings is 3. The third-order valence-corrected chi connectivity index (χ3v) is 6.08. The van der Waals surface area contributed by atoms with Crippen molar-refractivity contribution in [2.24, 2.45) is 0 Å². The first kappa shape index (κ1) is 13.3. The van der Waals surface area contributed by atoms with Gasteiger partial charge in [-0.1, -0.05) is 54.2 Å². The Labute approximate surface area is 147 Å². The molecule has 0 fully saturated rings. The molecule has 2 aromatic heterocycles. The van der Waals surface area contributed by atoms with E-state index in [0.29, 0.717) is 0 Å². The van der Waals surface area contributed by atoms with E-state index in [4.69, 9.17) is 0 Å². The zero-order valence-electron chi connectivity index (χ0n) is 13.1. The third kappa shape index (κ3) is 1.55. The largest absolute Gasteiger partial charge is 0.294 e. The molecule has 0 saturated carbocycles. The molecule has 5 aromatic rings. The summed E-state index contributed by atoms with van der Waals surface area (Å²) in [4.78, 5) is 15.6. The van der Waals surface area contributed by atoms with E-state index in [-0.39, 0.29) is 5.56 Å². The number of hydrogen-bond donors (Lipinski definition) is 0. The molecule has 1 aliphatic rings. The molecule has 3 nitrogen and oxygen atoms in total. The summed E-state index contributed by atoms with van der Waals surface area (Å²) in [5, 5.41) is 1.93. The zero-order chi connectivity index (χ0) is 16.5. The van der Waals surface area contributed by atoms with Crippen molar-refractivity contribution >= 4 is 39.2 Å². The molecule has 0 N–H and O–H groups in total. The van der Waals surface area contributed by atoms with Gasteiger partial charge in [0.25, 0.3) is 5.56 Å². The predicted octanol–water partition coefficient (Wildman–Crippen LogP) is 4.86. The molecular weight excluding hydrogens is 328 g/mol. The topological polar surface area (TPSA) is 26.4 Å². The highest BCUT2D eigenvalue weighted by molar-refractivity contribution is 8.00. The molecule has 0 saturated heterocycles. The van der Waals surface area contributed by atoms with Gasteiger partial charge >= 0.3 is 0 Å². The van der Waals surface area contributed by atoms with E-state index in [1.165, 1.54) is 5.39 Å². The molecule has 0 atom stereocenters. The van der Waals surface area contributed by atoms with Crippen molar-refractivity contribution in [3.8, 4) is 5.69 Å². The van der Waals surface area contributed by atoms with Gasteiger partial charge in [-0.3, -0.25) is 13.8 Å². The van der Waals surface area contributed by atoms with Gasteiger partial charge in [0, 0.05) is 10.3 Å². The van der Waals surface area contributed by atoms with Crippen LogP contribution in [0.5, 0.6) is 0 Å². The van der Waals surface area contributed by atoms with E-state index in [1.54, 1.807) is 11.8 Å². The SMILES string of the molecule is O=c1c2ccccc2n2c3ccccc3c3c2n1-c1ccccc1S3. The van der Waals surface area contributed by atoms with Crippen LogP contribution in [0.25, 0.3) is 33.1 Å². The highest BCUT2D eigenvalue weighted by Crippen LogP contribution is 2.45. The molecule has 0 amide bonds. The van der Waals surface area contributed by atoms with Gasteiger partial charge in [-0.05, 0) is 30.3 Å². The van der Waals surface area contributed by atoms with Crippen LogP contribution in [0.2, 0.25) is 0 Å². The molecule has 1 aliphatic heterocycles. The van der Waals surface area contributed by atoms with Crippen LogP contribution in [0.1, 0.15) is 0 Å². The molecule has 0 spiro atoms. The highest BCUT2D eigenvalue weighted by atomic mass is 32.2. The molecule has 3 heterocycles. The van der Waals surface area contributed by atoms with E-state index >= 15 is 0 Å². The number of nitrogens with zero attached hydrogens (tertiary/aromatic N) is 2. The lowest BCUT2D eigenvalue weighted by molar-refractivity contribution is 0.960. The smallest absolute Gasteiger partial charge is 0.266 e. The van der Waals surface area contributed by atoms with E-state index in [9.17, 15) is 4.79 Å². The van der Waals surface area contributed by atoms with Crippen LogP contribution in [-0.4, -0.2) is 8.97 Å². The summed E-state index contributed by atoms with van der Waals surface area (Å²) < 4.78 is 4.10. The Morgan fingerprint density at radius 2 is 1.36 bits per heavy atom. The van der Waals surface area contributed by atoms with Gasteiger partial charge in [0.1, 0.15) is 5.65 Å². The standard InChI is InChI=1S/C21H12N2OS/c24-21-14-8-2-4-10-16(14)22-15-9-3-1-7-13(15)19-20(22)23(21)17-11-5-6-12-18(17)25-19/h1-12H. The lowest BCUT2D eigenvalue weighted by atomic mass is 10.2. The lowest BCUT2D eigenvalue weighted by Crippen LogP contribution is -2.23. The van der Waals surface area contributed by atoms with E-state index < -0.39 is 0 Å². The van der Waals surface area contributed by atoms with Gasteiger partial charge in [0.15, 0.2) is 0 Å². The first-order chi connectivity index (χ1) is 12.3. The summed E-state index contributed by atoms with van der Waals surface area (Å²) in [5.41, 5.74) is 4.07. The third-order valence-electron chi connectivity index (χ3n) is 4.91. The molecule has 25 heavy (non-hydrogen) atoms. The van der Waals surface area contributed by atoms with Gasteiger partial charge in [-0.2, -0.15) is 0 Å². The first-order valence-corrected chi connectivity index (χ1v) is 9.00. The second-order valence-electron chi connectivity index (χ2n) is 6.23. The second kappa shape index (κ2) is 4.55. The quantitative estimate of drug-likeness (QED) is 0.395. The van der Waals surface area contributed by atoms with Crippen molar-refractivity contribution in [3.05, 3.63) is 83.2 Å². The minimum absolute atomic E-state index is 0.0416. The Balaban J connectivity index is 2.03. The second-order valence-corrected chi connectivity index (χ2v) is 7.28. The number of rotatable bonds is 0. The summed E-state index contributed by atoms with van der Waals surface area (Å²) in [7, 11) is 0. The van der Waals surface area contributed by atoms with Crippen molar-refractivity contribution in [1.29, 1.82) is 0 Å². The summed E-state index contributed by atoms with van der Waals surface area (Å²) in [6.07, 6.45) is 0. The van der Waals surface area contributed by atoms with E-state index in [2.05, 4.69) is 34.7 Å². The number of fused-ring (bicyclic) bond motifs is 7. The summed E-state index contributed by atoms with van der Waals surface area (Å²) in [6.45, 7) is 0. The summed E-state index contributed by atoms with van der Waals surface area (Å²) >= 11 is 1.75. The van der Waals surface area contributed by atoms with Crippen LogP contribution >= 0.6 is 11.8 Å². The molecular formula is C21H12N2OS. The Kier molecular flexibility index (Phi) is 2.43. The van der Waals surface area contributed by atoms with Gasteiger partial charge in [0.2, 0.25) is 0 Å². The van der Waals surface area contributed by atoms with E-state index in [0.717, 1.165) is 37.5 Å². The molecule has 0 radical (unpaired) electrons. The van der Waals surface area contributed by atoms with Crippen molar-refractivity contribution in [3.63, 3.8) is 0 Å². The van der Waals surface area contributed by atoms with Gasteiger partial charge in [0.05, 0.1) is 27.0 Å². The molecule has 0 aliphatic carbocycles. The van der Waals surface area contributed by atoms with Crippen molar-refractivity contribution < 1.29 is 0 Å². The zero-order valence-corrected chi connectivity index (χ0v) is 14.0. The minimum atomic E-state index is 0.0416. The maximum absolute atomic E-state index is 13.3. The Bertz CT molecular complexity index is 1390. The summed E-state index contributed by atoms with van der Waals surface area (Å²) in [5.74, 6) is 0. The van der Waals surface area contributed by atoms with Crippen LogP contribution in [0.3, 0.4) is 0 Å². The molecule has 4 heteroatoms. The number of hydrogen-bond acceptors (Lipinski definition) is 2. The minimum Gasteiger partial charge on any atom is -0.294 e. The maximum Gasteiger partial charge on any atom is 0.266 e. The molecule has 118 valence electrons. The first-order valence-electron chi connectivity index (χ1n) is 8.19. The molecule has 0 bridgehead atoms. The number of aromatic nitrogens is 2. The van der Waals surface area contributed by atoms with Crippen LogP contribution in [0, 0.1) is 0 Å². The van der Waals surface area contributed by atoms with Crippen molar-refractivity contribution in [2.75, 3.05) is 0 Å². The van der Waals surface area contributed by atoms with Crippen LogP contribution < -0.4 is 5.56 Å². The number of para-hydroxylation sites is 3. The van der Waals surface area contributed by atoms with Crippen molar-refractivity contribution in [2.45, 2.75) is 9.79 Å². The van der Waals surface area contributed by atoms with Crippen LogP contribution in [0.15, 0.2) is 87.4 Å². The lowest BCUT2D eigenvalue weighted by Gasteiger charge is -2.20. The average Bonchev–Trinajstić information content (AvgIpc) is 3.00. The summed E-state index contributed by atoms with van der Waals surface area (Å²) in [6, 6.07) is 24.4. The fourth-order valence-corrected chi connectivity index (χ4v) is 5.06. The van der Waals surface area contributed by atoms with Crippen molar-refractivity contribution in [1.82, 2.24) is 8.97 Å². The Hall–Kier alpha value is -2.98.